The van der Waals surface area contributed by atoms with Crippen LogP contribution in [0.15, 0.2) is 24.3 Å². The maximum atomic E-state index is 11.3. The molecule has 0 amide bonds. The average molecular weight is 236 g/mol. The van der Waals surface area contributed by atoms with E-state index in [1.54, 1.807) is 0 Å². The summed E-state index contributed by atoms with van der Waals surface area (Å²) < 4.78 is 15.3. The van der Waals surface area contributed by atoms with E-state index in [4.69, 9.17) is 14.2 Å². The van der Waals surface area contributed by atoms with Gasteiger partial charge in [-0.3, -0.25) is 0 Å². The van der Waals surface area contributed by atoms with Gasteiger partial charge in [0, 0.05) is 0 Å². The first-order valence-electron chi connectivity index (χ1n) is 5.77. The van der Waals surface area contributed by atoms with Crippen molar-refractivity contribution in [3.63, 3.8) is 0 Å². The van der Waals surface area contributed by atoms with Gasteiger partial charge in [-0.25, -0.2) is 4.79 Å². The van der Waals surface area contributed by atoms with E-state index in [0.717, 1.165) is 17.7 Å². The van der Waals surface area contributed by atoms with Gasteiger partial charge in [-0.1, -0.05) is 25.1 Å². The Morgan fingerprint density at radius 2 is 2.24 bits per heavy atom. The summed E-state index contributed by atoms with van der Waals surface area (Å²) in [6.07, 6.45) is 0.975. The molecule has 0 N–H and O–H groups in total. The number of ether oxygens (including phenoxy) is 3. The van der Waals surface area contributed by atoms with Crippen LogP contribution in [0.1, 0.15) is 12.5 Å². The summed E-state index contributed by atoms with van der Waals surface area (Å²) >= 11 is 0. The van der Waals surface area contributed by atoms with Crippen molar-refractivity contribution in [1.82, 2.24) is 0 Å². The molecule has 0 aromatic heterocycles. The number of hydrogen-bond acceptors (Lipinski definition) is 4. The molecule has 1 saturated heterocycles. The molecule has 4 heteroatoms. The molecule has 1 aliphatic heterocycles. The smallest absolute Gasteiger partial charge is 0.344 e. The van der Waals surface area contributed by atoms with Crippen molar-refractivity contribution in [3.05, 3.63) is 29.8 Å². The molecule has 1 aromatic rings. The molecule has 1 fully saturated rings. The van der Waals surface area contributed by atoms with Gasteiger partial charge in [0.05, 0.1) is 6.61 Å². The lowest BCUT2D eigenvalue weighted by Crippen LogP contribution is -2.17. The zero-order valence-corrected chi connectivity index (χ0v) is 9.85. The average Bonchev–Trinajstić information content (AvgIpc) is 3.18. The summed E-state index contributed by atoms with van der Waals surface area (Å²) in [5, 5.41) is 0. The van der Waals surface area contributed by atoms with Crippen LogP contribution in [0, 0.1) is 0 Å². The van der Waals surface area contributed by atoms with Crippen LogP contribution in [0.2, 0.25) is 0 Å². The molecule has 0 spiro atoms. The fraction of sp³-hybridized carbons (Fsp3) is 0.462. The van der Waals surface area contributed by atoms with E-state index < -0.39 is 0 Å². The third kappa shape index (κ3) is 3.75. The number of carbonyl (C=O) groups excluding carboxylic acids is 1. The van der Waals surface area contributed by atoms with E-state index in [0.29, 0.717) is 13.2 Å². The molecule has 0 bridgehead atoms. The maximum Gasteiger partial charge on any atom is 0.344 e. The van der Waals surface area contributed by atoms with E-state index in [1.807, 2.05) is 31.2 Å². The molecule has 0 aliphatic carbocycles. The third-order valence-corrected chi connectivity index (χ3v) is 2.53. The molecule has 1 aliphatic rings. The van der Waals surface area contributed by atoms with Gasteiger partial charge in [0.15, 0.2) is 6.61 Å². The van der Waals surface area contributed by atoms with Crippen molar-refractivity contribution < 1.29 is 19.0 Å². The third-order valence-electron chi connectivity index (χ3n) is 2.53. The maximum absolute atomic E-state index is 11.3. The van der Waals surface area contributed by atoms with Crippen LogP contribution in [-0.2, 0) is 20.7 Å². The molecule has 0 radical (unpaired) electrons. The number of hydrogen-bond donors (Lipinski definition) is 0. The highest BCUT2D eigenvalue weighted by Gasteiger charge is 2.24. The first-order valence-corrected chi connectivity index (χ1v) is 5.77. The molecule has 2 rings (SSSR count). The first-order chi connectivity index (χ1) is 8.29. The molecule has 1 atom stereocenters. The summed E-state index contributed by atoms with van der Waals surface area (Å²) in [6, 6.07) is 7.68. The van der Waals surface area contributed by atoms with E-state index in [9.17, 15) is 4.79 Å². The first kappa shape index (κ1) is 11.9. The highest BCUT2D eigenvalue weighted by atomic mass is 16.6. The van der Waals surface area contributed by atoms with Gasteiger partial charge < -0.3 is 14.2 Å². The number of aryl methyl sites for hydroxylation is 1. The fourth-order valence-electron chi connectivity index (χ4n) is 1.47. The molecule has 1 unspecified atom stereocenters. The van der Waals surface area contributed by atoms with Crippen molar-refractivity contribution in [2.24, 2.45) is 0 Å². The monoisotopic (exact) mass is 236 g/mol. The number of para-hydroxylation sites is 1. The predicted molar refractivity (Wildman–Crippen MR) is 62.0 cm³/mol. The Bertz CT molecular complexity index is 385. The minimum atomic E-state index is -0.355. The largest absolute Gasteiger partial charge is 0.482 e. The van der Waals surface area contributed by atoms with Gasteiger partial charge in [0.1, 0.15) is 18.5 Å². The lowest BCUT2D eigenvalue weighted by molar-refractivity contribution is -0.146. The standard InChI is InChI=1S/C13H16O4/c1-2-10-5-3-4-6-12(10)16-9-13(14)17-8-11-7-15-11/h3-6,11H,2,7-9H2,1H3. The molecule has 4 nitrogen and oxygen atoms in total. The van der Waals surface area contributed by atoms with Crippen molar-refractivity contribution >= 4 is 5.97 Å². The van der Waals surface area contributed by atoms with Gasteiger partial charge in [-0.15, -0.1) is 0 Å². The second-order valence-corrected chi connectivity index (χ2v) is 3.89. The fourth-order valence-corrected chi connectivity index (χ4v) is 1.47. The van der Waals surface area contributed by atoms with Gasteiger partial charge in [0.25, 0.3) is 0 Å². The van der Waals surface area contributed by atoms with Gasteiger partial charge in [-0.2, -0.15) is 0 Å². The van der Waals surface area contributed by atoms with Gasteiger partial charge >= 0.3 is 5.97 Å². The van der Waals surface area contributed by atoms with Crippen molar-refractivity contribution in [2.75, 3.05) is 19.8 Å². The summed E-state index contributed by atoms with van der Waals surface area (Å²) in [5.74, 6) is 0.390. The Kier molecular flexibility index (Phi) is 3.98. The summed E-state index contributed by atoms with van der Waals surface area (Å²) in [5.41, 5.74) is 1.09. The van der Waals surface area contributed by atoms with Crippen molar-refractivity contribution in [3.8, 4) is 5.75 Å². The second-order valence-electron chi connectivity index (χ2n) is 3.89. The van der Waals surface area contributed by atoms with E-state index in [2.05, 4.69) is 0 Å². The molecule has 0 saturated carbocycles. The summed E-state index contributed by atoms with van der Waals surface area (Å²) in [6.45, 7) is 3.01. The topological polar surface area (TPSA) is 48.1 Å². The normalized spacial score (nSPS) is 17.6. The molecule has 17 heavy (non-hydrogen) atoms. The van der Waals surface area contributed by atoms with Crippen LogP contribution < -0.4 is 4.74 Å². The van der Waals surface area contributed by atoms with Crippen LogP contribution in [0.25, 0.3) is 0 Å². The van der Waals surface area contributed by atoms with Crippen molar-refractivity contribution in [1.29, 1.82) is 0 Å². The van der Waals surface area contributed by atoms with Gasteiger partial charge in [-0.05, 0) is 18.1 Å². The Labute approximate surface area is 100 Å². The quantitative estimate of drug-likeness (QED) is 0.555. The van der Waals surface area contributed by atoms with Crippen LogP contribution in [-0.4, -0.2) is 31.9 Å². The molecular formula is C13H16O4. The molecule has 1 heterocycles. The Balaban J connectivity index is 1.77. The number of benzene rings is 1. The number of rotatable bonds is 6. The lowest BCUT2D eigenvalue weighted by atomic mass is 10.1. The van der Waals surface area contributed by atoms with E-state index in [1.165, 1.54) is 0 Å². The Morgan fingerprint density at radius 3 is 2.94 bits per heavy atom. The Hall–Kier alpha value is -1.55. The van der Waals surface area contributed by atoms with Crippen LogP contribution >= 0.6 is 0 Å². The highest BCUT2D eigenvalue weighted by molar-refractivity contribution is 5.71. The minimum Gasteiger partial charge on any atom is -0.482 e. The van der Waals surface area contributed by atoms with Crippen LogP contribution in [0.4, 0.5) is 0 Å². The number of epoxide rings is 1. The number of esters is 1. The minimum absolute atomic E-state index is 0.0519. The number of carbonyl (C=O) groups is 1. The van der Waals surface area contributed by atoms with Gasteiger partial charge in [0.2, 0.25) is 0 Å². The van der Waals surface area contributed by atoms with E-state index in [-0.39, 0.29) is 18.7 Å². The lowest BCUT2D eigenvalue weighted by Gasteiger charge is -2.09. The SMILES string of the molecule is CCc1ccccc1OCC(=O)OCC1CO1. The highest BCUT2D eigenvalue weighted by Crippen LogP contribution is 2.18. The van der Waals surface area contributed by atoms with E-state index >= 15 is 0 Å². The van der Waals surface area contributed by atoms with Crippen LogP contribution in [0.3, 0.4) is 0 Å². The molecular weight excluding hydrogens is 220 g/mol. The zero-order chi connectivity index (χ0) is 12.1. The zero-order valence-electron chi connectivity index (χ0n) is 9.85. The Morgan fingerprint density at radius 1 is 1.47 bits per heavy atom. The van der Waals surface area contributed by atoms with Crippen LogP contribution in [0.5, 0.6) is 5.75 Å². The molecule has 92 valence electrons. The predicted octanol–water partition coefficient (Wildman–Crippen LogP) is 1.57. The summed E-state index contributed by atoms with van der Waals surface area (Å²) in [7, 11) is 0. The summed E-state index contributed by atoms with van der Waals surface area (Å²) in [4.78, 5) is 11.3. The van der Waals surface area contributed by atoms with Crippen molar-refractivity contribution in [2.45, 2.75) is 19.4 Å². The second kappa shape index (κ2) is 5.68. The molecule has 1 aromatic carbocycles.